The van der Waals surface area contributed by atoms with Crippen molar-refractivity contribution in [1.29, 1.82) is 0 Å². The number of hydrogen-bond donors (Lipinski definition) is 2. The highest BCUT2D eigenvalue weighted by molar-refractivity contribution is 6.06. The van der Waals surface area contributed by atoms with Crippen molar-refractivity contribution in [1.82, 2.24) is 25.3 Å². The van der Waals surface area contributed by atoms with Gasteiger partial charge in [-0.3, -0.25) is 14.8 Å². The summed E-state index contributed by atoms with van der Waals surface area (Å²) in [4.78, 5) is 30.2. The number of halogens is 1. The number of amides is 1. The lowest BCUT2D eigenvalue weighted by Gasteiger charge is -2.17. The number of hydrogen-bond acceptors (Lipinski definition) is 6. The van der Waals surface area contributed by atoms with Crippen LogP contribution in [0.3, 0.4) is 0 Å². The molecule has 2 N–H and O–H groups in total. The van der Waals surface area contributed by atoms with Crippen LogP contribution in [0.4, 0.5) is 10.2 Å². The zero-order valence-corrected chi connectivity index (χ0v) is 19.4. The predicted octanol–water partition coefficient (Wildman–Crippen LogP) is 4.70. The summed E-state index contributed by atoms with van der Waals surface area (Å²) in [5, 5.41) is 6.76. The molecule has 0 fully saturated rings. The molecule has 4 rings (SSSR count). The Morgan fingerprint density at radius 3 is 2.65 bits per heavy atom. The Bertz CT molecular complexity index is 1290. The van der Waals surface area contributed by atoms with Gasteiger partial charge in [-0.05, 0) is 37.6 Å². The molecule has 34 heavy (non-hydrogen) atoms. The van der Waals surface area contributed by atoms with Gasteiger partial charge in [0.2, 0.25) is 0 Å². The van der Waals surface area contributed by atoms with Crippen LogP contribution in [-0.2, 0) is 0 Å². The number of benzene rings is 1. The molecule has 0 bridgehead atoms. The highest BCUT2D eigenvalue weighted by Crippen LogP contribution is 2.27. The number of nitrogens with one attached hydrogen (secondary N) is 2. The van der Waals surface area contributed by atoms with Gasteiger partial charge in [-0.2, -0.15) is 0 Å². The third-order valence-corrected chi connectivity index (χ3v) is 5.59. The van der Waals surface area contributed by atoms with Crippen LogP contribution in [0.5, 0.6) is 0 Å². The van der Waals surface area contributed by atoms with Crippen molar-refractivity contribution >= 4 is 22.6 Å². The van der Waals surface area contributed by atoms with Crippen molar-refractivity contribution in [3.63, 3.8) is 0 Å². The Hall–Kier alpha value is -3.94. The van der Waals surface area contributed by atoms with E-state index in [0.717, 1.165) is 33.4 Å². The van der Waals surface area contributed by atoms with Gasteiger partial charge in [-0.25, -0.2) is 14.4 Å². The maximum atomic E-state index is 13.2. The van der Waals surface area contributed by atoms with Crippen LogP contribution in [0.25, 0.3) is 22.2 Å². The van der Waals surface area contributed by atoms with Crippen molar-refractivity contribution in [2.75, 3.05) is 18.4 Å². The first kappa shape index (κ1) is 23.2. The number of anilines is 1. The van der Waals surface area contributed by atoms with Gasteiger partial charge in [0.05, 0.1) is 16.8 Å². The van der Waals surface area contributed by atoms with Crippen molar-refractivity contribution in [2.24, 2.45) is 0 Å². The van der Waals surface area contributed by atoms with Crippen LogP contribution in [0.1, 0.15) is 41.4 Å². The smallest absolute Gasteiger partial charge is 0.252 e. The number of nitrogens with zero attached hydrogens (tertiary/aromatic N) is 4. The summed E-state index contributed by atoms with van der Waals surface area (Å²) >= 11 is 0. The zero-order chi connectivity index (χ0) is 24.1. The van der Waals surface area contributed by atoms with Gasteiger partial charge >= 0.3 is 0 Å². The summed E-state index contributed by atoms with van der Waals surface area (Å²) in [6.45, 7) is 6.03. The summed E-state index contributed by atoms with van der Waals surface area (Å²) in [6, 6.07) is 13.3. The first-order valence-electron chi connectivity index (χ1n) is 11.2. The van der Waals surface area contributed by atoms with Crippen LogP contribution < -0.4 is 10.6 Å². The Balaban J connectivity index is 1.52. The number of carbonyl (C=O) groups excluding carboxylic acids is 1. The van der Waals surface area contributed by atoms with E-state index < -0.39 is 6.17 Å². The molecular formula is C26H27FN6O. The standard InChI is InChI=1S/C26H27FN6O/c1-16(12-30-24-11-23(32-15-33-24)19-8-7-18(3)29-14-19)20-5-4-6-21-22(9-10-28-25(20)21)26(34)31-13-17(2)27/h4-11,14-17H,12-13H2,1-3H3,(H,31,34)(H,30,32,33)/t16-,17?/m1/s1. The Morgan fingerprint density at radius 1 is 1.03 bits per heavy atom. The molecule has 0 aliphatic rings. The molecule has 4 aromatic rings. The van der Waals surface area contributed by atoms with Gasteiger partial charge in [0.1, 0.15) is 18.3 Å². The molecule has 1 amide bonds. The molecule has 0 saturated heterocycles. The Kier molecular flexibility index (Phi) is 7.06. The van der Waals surface area contributed by atoms with Gasteiger partial charge in [0.15, 0.2) is 0 Å². The number of para-hydroxylation sites is 1. The molecule has 3 aromatic heterocycles. The average Bonchev–Trinajstić information content (AvgIpc) is 2.85. The second-order valence-electron chi connectivity index (χ2n) is 8.35. The minimum Gasteiger partial charge on any atom is -0.369 e. The van der Waals surface area contributed by atoms with E-state index in [0.29, 0.717) is 17.9 Å². The fraction of sp³-hybridized carbons (Fsp3) is 0.269. The number of rotatable bonds is 8. The Morgan fingerprint density at radius 2 is 1.88 bits per heavy atom. The van der Waals surface area contributed by atoms with Crippen LogP contribution in [0, 0.1) is 6.92 Å². The molecular weight excluding hydrogens is 431 g/mol. The fourth-order valence-electron chi connectivity index (χ4n) is 3.72. The number of aromatic nitrogens is 4. The first-order chi connectivity index (χ1) is 16.4. The van der Waals surface area contributed by atoms with Gasteiger partial charge in [0.25, 0.3) is 5.91 Å². The summed E-state index contributed by atoms with van der Waals surface area (Å²) < 4.78 is 13.2. The van der Waals surface area contributed by atoms with Crippen molar-refractivity contribution in [2.45, 2.75) is 32.9 Å². The van der Waals surface area contributed by atoms with Crippen LogP contribution in [-0.4, -0.2) is 45.1 Å². The van der Waals surface area contributed by atoms with E-state index >= 15 is 0 Å². The fourth-order valence-corrected chi connectivity index (χ4v) is 3.72. The topological polar surface area (TPSA) is 92.7 Å². The summed E-state index contributed by atoms with van der Waals surface area (Å²) in [5.74, 6) is 0.491. The summed E-state index contributed by atoms with van der Waals surface area (Å²) in [7, 11) is 0. The molecule has 1 unspecified atom stereocenters. The van der Waals surface area contributed by atoms with Crippen LogP contribution >= 0.6 is 0 Å². The molecule has 1 aromatic carbocycles. The number of pyridine rings is 2. The maximum Gasteiger partial charge on any atom is 0.252 e. The van der Waals surface area contributed by atoms with Gasteiger partial charge in [-0.1, -0.05) is 25.1 Å². The SMILES string of the molecule is Cc1ccc(-c2cc(NC[C@@H](C)c3cccc4c(C(=O)NCC(C)F)ccnc34)ncn2)cn1. The highest BCUT2D eigenvalue weighted by Gasteiger charge is 2.16. The zero-order valence-electron chi connectivity index (χ0n) is 19.4. The summed E-state index contributed by atoms with van der Waals surface area (Å²) in [5.41, 5.74) is 4.92. The molecule has 8 heteroatoms. The van der Waals surface area contributed by atoms with E-state index in [1.807, 2.05) is 43.3 Å². The quantitative estimate of drug-likeness (QED) is 0.398. The van der Waals surface area contributed by atoms with Gasteiger partial charge in [0, 0.05) is 54.1 Å². The third kappa shape index (κ3) is 5.33. The van der Waals surface area contributed by atoms with Gasteiger partial charge < -0.3 is 10.6 Å². The van der Waals surface area contributed by atoms with Crippen LogP contribution in [0.15, 0.2) is 61.2 Å². The lowest BCUT2D eigenvalue weighted by atomic mass is 9.96. The monoisotopic (exact) mass is 458 g/mol. The third-order valence-electron chi connectivity index (χ3n) is 5.59. The molecule has 2 atom stereocenters. The molecule has 0 aliphatic carbocycles. The number of alkyl halides is 1. The lowest BCUT2D eigenvalue weighted by molar-refractivity contribution is 0.0945. The number of aryl methyl sites for hydroxylation is 1. The van der Waals surface area contributed by atoms with E-state index in [1.54, 1.807) is 18.5 Å². The van der Waals surface area contributed by atoms with E-state index in [4.69, 9.17) is 0 Å². The molecule has 0 saturated carbocycles. The van der Waals surface area contributed by atoms with Gasteiger partial charge in [-0.15, -0.1) is 0 Å². The summed E-state index contributed by atoms with van der Waals surface area (Å²) in [6.07, 6.45) is 3.84. The van der Waals surface area contributed by atoms with Crippen LogP contribution in [0.2, 0.25) is 0 Å². The lowest BCUT2D eigenvalue weighted by Crippen LogP contribution is -2.29. The largest absolute Gasteiger partial charge is 0.369 e. The van der Waals surface area contributed by atoms with E-state index in [-0.39, 0.29) is 18.4 Å². The molecule has 0 radical (unpaired) electrons. The van der Waals surface area contributed by atoms with E-state index in [9.17, 15) is 9.18 Å². The highest BCUT2D eigenvalue weighted by atomic mass is 19.1. The molecule has 3 heterocycles. The molecule has 7 nitrogen and oxygen atoms in total. The van der Waals surface area contributed by atoms with Crippen molar-refractivity contribution in [3.8, 4) is 11.3 Å². The number of carbonyl (C=O) groups is 1. The van der Waals surface area contributed by atoms with E-state index in [2.05, 4.69) is 37.5 Å². The molecule has 0 spiro atoms. The molecule has 0 aliphatic heterocycles. The minimum absolute atomic E-state index is 0.0256. The first-order valence-corrected chi connectivity index (χ1v) is 11.2. The average molecular weight is 459 g/mol. The normalized spacial score (nSPS) is 12.8. The van der Waals surface area contributed by atoms with Crippen molar-refractivity contribution < 1.29 is 9.18 Å². The second kappa shape index (κ2) is 10.3. The number of fused-ring (bicyclic) bond motifs is 1. The van der Waals surface area contributed by atoms with Crippen molar-refractivity contribution in [3.05, 3.63) is 78.0 Å². The maximum absolute atomic E-state index is 13.2. The Labute approximate surface area is 197 Å². The second-order valence-corrected chi connectivity index (χ2v) is 8.35. The minimum atomic E-state index is -1.11. The van der Waals surface area contributed by atoms with E-state index in [1.165, 1.54) is 13.3 Å². The molecule has 174 valence electrons. The predicted molar refractivity (Wildman–Crippen MR) is 132 cm³/mol.